The number of rotatable bonds is 6. The average molecular weight is 258 g/mol. The highest BCUT2D eigenvalue weighted by atomic mass is 16.4. The first kappa shape index (κ1) is 16.7. The van der Waals surface area contributed by atoms with E-state index in [2.05, 4.69) is 31.4 Å². The third kappa shape index (κ3) is 7.14. The number of hydrogen-bond acceptors (Lipinski definition) is 2. The Kier molecular flexibility index (Phi) is 6.73. The Morgan fingerprint density at radius 3 is 2.22 bits per heavy atom. The Labute approximate surface area is 109 Å². The number of carbonyl (C=O) groups excluding carboxylic acids is 1. The molecule has 5 heteroatoms. The molecule has 0 fully saturated rings. The molecule has 0 bridgehead atoms. The zero-order chi connectivity index (χ0) is 14.3. The molecule has 0 aromatic carbocycles. The summed E-state index contributed by atoms with van der Waals surface area (Å²) in [4.78, 5) is 22.6. The van der Waals surface area contributed by atoms with Crippen molar-refractivity contribution in [3.63, 3.8) is 0 Å². The van der Waals surface area contributed by atoms with Gasteiger partial charge in [-0.3, -0.25) is 0 Å². The molecule has 0 aromatic rings. The normalized spacial score (nSPS) is 14.7. The minimum absolute atomic E-state index is 0.0872. The van der Waals surface area contributed by atoms with Gasteiger partial charge in [0, 0.05) is 6.54 Å². The van der Waals surface area contributed by atoms with Crippen LogP contribution in [0, 0.1) is 11.3 Å². The van der Waals surface area contributed by atoms with Crippen molar-refractivity contribution in [2.75, 3.05) is 6.54 Å². The topological polar surface area (TPSA) is 78.4 Å². The fraction of sp³-hybridized carbons (Fsp3) is 0.846. The van der Waals surface area contributed by atoms with Gasteiger partial charge in [0.1, 0.15) is 6.04 Å². The lowest BCUT2D eigenvalue weighted by atomic mass is 9.92. The minimum atomic E-state index is -0.990. The molecule has 0 rings (SSSR count). The third-order valence-electron chi connectivity index (χ3n) is 2.93. The zero-order valence-electron chi connectivity index (χ0n) is 12.0. The smallest absolute Gasteiger partial charge is 0.326 e. The Hall–Kier alpha value is -1.26. The van der Waals surface area contributed by atoms with E-state index < -0.39 is 18.0 Å². The number of nitrogens with one attached hydrogen (secondary N) is 2. The molecule has 0 aliphatic carbocycles. The molecule has 3 N–H and O–H groups in total. The predicted octanol–water partition coefficient (Wildman–Crippen LogP) is 2.22. The summed E-state index contributed by atoms with van der Waals surface area (Å²) in [6.07, 6.45) is 1.56. The molecule has 0 saturated carbocycles. The standard InChI is InChI=1S/C13H26N2O3/c1-6-9(2)10(11(16)17)15-12(18)14-8-7-13(3,4)5/h9-10H,6-8H2,1-5H3,(H,16,17)(H2,14,15,18)/t9?,10-/m0/s1. The molecule has 2 amide bonds. The van der Waals surface area contributed by atoms with Crippen molar-refractivity contribution < 1.29 is 14.7 Å². The number of carboxylic acids is 1. The highest BCUT2D eigenvalue weighted by molar-refractivity contribution is 5.82. The van der Waals surface area contributed by atoms with Gasteiger partial charge in [0.05, 0.1) is 0 Å². The Bertz CT molecular complexity index is 284. The van der Waals surface area contributed by atoms with Gasteiger partial charge in [0.2, 0.25) is 0 Å². The van der Waals surface area contributed by atoms with E-state index in [1.165, 1.54) is 0 Å². The maximum Gasteiger partial charge on any atom is 0.326 e. The van der Waals surface area contributed by atoms with Crippen molar-refractivity contribution in [2.45, 2.75) is 53.5 Å². The van der Waals surface area contributed by atoms with Crippen LogP contribution in [0.25, 0.3) is 0 Å². The molecule has 1 unspecified atom stereocenters. The summed E-state index contributed by atoms with van der Waals surface area (Å²) in [5.41, 5.74) is 0.149. The van der Waals surface area contributed by atoms with E-state index in [1.54, 1.807) is 0 Å². The minimum Gasteiger partial charge on any atom is -0.480 e. The predicted molar refractivity (Wildman–Crippen MR) is 71.5 cm³/mol. The monoisotopic (exact) mass is 258 g/mol. The summed E-state index contributed by atoms with van der Waals surface area (Å²) >= 11 is 0. The Balaban J connectivity index is 4.15. The number of carbonyl (C=O) groups is 2. The van der Waals surface area contributed by atoms with Crippen LogP contribution in [-0.4, -0.2) is 29.7 Å². The molecular weight excluding hydrogens is 232 g/mol. The molecule has 0 spiro atoms. The van der Waals surface area contributed by atoms with E-state index >= 15 is 0 Å². The van der Waals surface area contributed by atoms with Crippen molar-refractivity contribution in [1.82, 2.24) is 10.6 Å². The van der Waals surface area contributed by atoms with Crippen LogP contribution in [0.3, 0.4) is 0 Å². The lowest BCUT2D eigenvalue weighted by Crippen LogP contribution is -2.49. The van der Waals surface area contributed by atoms with Gasteiger partial charge < -0.3 is 15.7 Å². The second-order valence-electron chi connectivity index (χ2n) is 5.91. The van der Waals surface area contributed by atoms with E-state index in [1.807, 2.05) is 13.8 Å². The highest BCUT2D eigenvalue weighted by Crippen LogP contribution is 2.16. The molecule has 0 saturated heterocycles. The number of hydrogen-bond donors (Lipinski definition) is 3. The number of urea groups is 1. The van der Waals surface area contributed by atoms with Gasteiger partial charge in [-0.15, -0.1) is 0 Å². The van der Waals surface area contributed by atoms with E-state index in [0.29, 0.717) is 13.0 Å². The summed E-state index contributed by atoms with van der Waals surface area (Å²) in [7, 11) is 0. The average Bonchev–Trinajstić information content (AvgIpc) is 2.22. The van der Waals surface area contributed by atoms with Crippen molar-refractivity contribution in [3.8, 4) is 0 Å². The van der Waals surface area contributed by atoms with Crippen LogP contribution in [0.5, 0.6) is 0 Å². The van der Waals surface area contributed by atoms with E-state index in [-0.39, 0.29) is 11.3 Å². The van der Waals surface area contributed by atoms with Crippen molar-refractivity contribution in [1.29, 1.82) is 0 Å². The quantitative estimate of drug-likeness (QED) is 0.683. The van der Waals surface area contributed by atoms with Crippen LogP contribution in [0.2, 0.25) is 0 Å². The number of amides is 2. The molecule has 106 valence electrons. The molecule has 2 atom stereocenters. The summed E-state index contributed by atoms with van der Waals surface area (Å²) in [5, 5.41) is 14.2. The van der Waals surface area contributed by atoms with Gasteiger partial charge >= 0.3 is 12.0 Å². The van der Waals surface area contributed by atoms with Gasteiger partial charge in [0.15, 0.2) is 0 Å². The first-order valence-electron chi connectivity index (χ1n) is 6.44. The van der Waals surface area contributed by atoms with Gasteiger partial charge in [-0.05, 0) is 17.8 Å². The van der Waals surface area contributed by atoms with Gasteiger partial charge in [-0.2, -0.15) is 0 Å². The fourth-order valence-electron chi connectivity index (χ4n) is 1.43. The van der Waals surface area contributed by atoms with Crippen LogP contribution in [0.4, 0.5) is 4.79 Å². The largest absolute Gasteiger partial charge is 0.480 e. The van der Waals surface area contributed by atoms with E-state index in [9.17, 15) is 9.59 Å². The first-order valence-corrected chi connectivity index (χ1v) is 6.44. The summed E-state index contributed by atoms with van der Waals surface area (Å²) in [6.45, 7) is 10.5. The molecule has 0 aliphatic heterocycles. The first-order chi connectivity index (χ1) is 8.17. The van der Waals surface area contributed by atoms with Gasteiger partial charge in [-0.25, -0.2) is 9.59 Å². The summed E-state index contributed by atoms with van der Waals surface area (Å²) < 4.78 is 0. The molecular formula is C13H26N2O3. The molecule has 0 heterocycles. The molecule has 5 nitrogen and oxygen atoms in total. The third-order valence-corrected chi connectivity index (χ3v) is 2.93. The van der Waals surface area contributed by atoms with E-state index in [4.69, 9.17) is 5.11 Å². The number of carboxylic acid groups (broad SMARTS) is 1. The van der Waals surface area contributed by atoms with Crippen LogP contribution in [0.15, 0.2) is 0 Å². The molecule has 18 heavy (non-hydrogen) atoms. The Morgan fingerprint density at radius 1 is 1.28 bits per heavy atom. The van der Waals surface area contributed by atoms with Crippen molar-refractivity contribution in [2.24, 2.45) is 11.3 Å². The summed E-state index contributed by atoms with van der Waals surface area (Å²) in [5.74, 6) is -1.08. The Morgan fingerprint density at radius 2 is 1.83 bits per heavy atom. The molecule has 0 aromatic heterocycles. The highest BCUT2D eigenvalue weighted by Gasteiger charge is 2.25. The zero-order valence-corrected chi connectivity index (χ0v) is 12.0. The van der Waals surface area contributed by atoms with Crippen LogP contribution >= 0.6 is 0 Å². The van der Waals surface area contributed by atoms with Gasteiger partial charge in [0.25, 0.3) is 0 Å². The fourth-order valence-corrected chi connectivity index (χ4v) is 1.43. The van der Waals surface area contributed by atoms with Crippen molar-refractivity contribution in [3.05, 3.63) is 0 Å². The second-order valence-corrected chi connectivity index (χ2v) is 5.91. The van der Waals surface area contributed by atoms with Crippen molar-refractivity contribution >= 4 is 12.0 Å². The second kappa shape index (κ2) is 7.24. The van der Waals surface area contributed by atoms with Crippen LogP contribution in [-0.2, 0) is 4.79 Å². The van der Waals surface area contributed by atoms with Gasteiger partial charge in [-0.1, -0.05) is 41.0 Å². The lowest BCUT2D eigenvalue weighted by molar-refractivity contribution is -0.140. The maximum absolute atomic E-state index is 11.6. The number of aliphatic carboxylic acids is 1. The van der Waals surface area contributed by atoms with Crippen LogP contribution < -0.4 is 10.6 Å². The lowest BCUT2D eigenvalue weighted by Gasteiger charge is -2.22. The molecule has 0 aliphatic rings. The van der Waals surface area contributed by atoms with Crippen LogP contribution in [0.1, 0.15) is 47.5 Å². The van der Waals surface area contributed by atoms with E-state index in [0.717, 1.165) is 6.42 Å². The maximum atomic E-state index is 11.6. The SMILES string of the molecule is CCC(C)[C@H](NC(=O)NCCC(C)(C)C)C(=O)O. The summed E-state index contributed by atoms with van der Waals surface area (Å²) in [6, 6.07) is -1.24. The molecule has 0 radical (unpaired) electrons.